The third kappa shape index (κ3) is 4.64. The van der Waals surface area contributed by atoms with E-state index >= 15 is 0 Å². The van der Waals surface area contributed by atoms with Crippen LogP contribution in [0.2, 0.25) is 0 Å². The number of hydrogen-bond donors (Lipinski definition) is 1. The van der Waals surface area contributed by atoms with Gasteiger partial charge in [0, 0.05) is 32.1 Å². The molecule has 1 N–H and O–H groups in total. The summed E-state index contributed by atoms with van der Waals surface area (Å²) >= 11 is 1.44. The first-order chi connectivity index (χ1) is 12.5. The highest BCUT2D eigenvalue weighted by Crippen LogP contribution is 2.29. The molecule has 2 heterocycles. The maximum atomic E-state index is 12.6. The minimum atomic E-state index is -0.0655. The molecule has 5 nitrogen and oxygen atoms in total. The van der Waals surface area contributed by atoms with Crippen molar-refractivity contribution in [2.24, 2.45) is 0 Å². The van der Waals surface area contributed by atoms with Crippen LogP contribution in [-0.4, -0.2) is 46.6 Å². The Hall–Kier alpha value is -2.34. The third-order valence-electron chi connectivity index (χ3n) is 4.55. The van der Waals surface area contributed by atoms with Crippen LogP contribution in [0.5, 0.6) is 0 Å². The summed E-state index contributed by atoms with van der Waals surface area (Å²) in [5, 5.41) is 3.85. The van der Waals surface area contributed by atoms with Crippen molar-refractivity contribution in [2.75, 3.05) is 18.8 Å². The van der Waals surface area contributed by atoms with E-state index in [0.717, 1.165) is 10.6 Å². The number of carbonyl (C=O) groups excluding carboxylic acids is 2. The van der Waals surface area contributed by atoms with Gasteiger partial charge >= 0.3 is 0 Å². The van der Waals surface area contributed by atoms with Crippen LogP contribution in [0.15, 0.2) is 53.7 Å². The number of aromatic nitrogens is 1. The molecule has 0 aliphatic carbocycles. The van der Waals surface area contributed by atoms with Gasteiger partial charge in [0.1, 0.15) is 0 Å². The van der Waals surface area contributed by atoms with Gasteiger partial charge in [0.25, 0.3) is 0 Å². The summed E-state index contributed by atoms with van der Waals surface area (Å²) < 4.78 is 0. The van der Waals surface area contributed by atoms with Gasteiger partial charge in [0.15, 0.2) is 0 Å². The van der Waals surface area contributed by atoms with Crippen LogP contribution in [0.1, 0.15) is 24.0 Å². The second-order valence-corrected chi connectivity index (χ2v) is 7.58. The Kier molecular flexibility index (Phi) is 5.93. The van der Waals surface area contributed by atoms with Crippen molar-refractivity contribution in [1.29, 1.82) is 0 Å². The summed E-state index contributed by atoms with van der Waals surface area (Å²) in [6.45, 7) is 4.73. The first-order valence-corrected chi connectivity index (χ1v) is 9.67. The van der Waals surface area contributed by atoms with E-state index in [-0.39, 0.29) is 23.8 Å². The summed E-state index contributed by atoms with van der Waals surface area (Å²) in [6.07, 6.45) is 1.73. The van der Waals surface area contributed by atoms with Gasteiger partial charge in [-0.05, 0) is 24.6 Å². The van der Waals surface area contributed by atoms with E-state index in [0.29, 0.717) is 18.8 Å². The maximum absolute atomic E-state index is 12.6. The zero-order valence-electron chi connectivity index (χ0n) is 15.0. The normalized spacial score (nSPS) is 19.4. The van der Waals surface area contributed by atoms with E-state index in [2.05, 4.69) is 41.5 Å². The number of pyridine rings is 1. The van der Waals surface area contributed by atoms with Gasteiger partial charge in [-0.25, -0.2) is 4.98 Å². The van der Waals surface area contributed by atoms with Gasteiger partial charge in [-0.3, -0.25) is 9.59 Å². The Morgan fingerprint density at radius 2 is 1.96 bits per heavy atom. The van der Waals surface area contributed by atoms with Crippen LogP contribution in [-0.2, 0) is 9.59 Å². The summed E-state index contributed by atoms with van der Waals surface area (Å²) in [5.41, 5.74) is 2.35. The first-order valence-electron chi connectivity index (χ1n) is 8.68. The van der Waals surface area contributed by atoms with Gasteiger partial charge in [0.05, 0.1) is 16.8 Å². The van der Waals surface area contributed by atoms with Crippen molar-refractivity contribution in [3.63, 3.8) is 0 Å². The molecule has 26 heavy (non-hydrogen) atoms. The zero-order chi connectivity index (χ0) is 18.5. The number of thioether (sulfide) groups is 1. The molecular weight excluding hydrogens is 346 g/mol. The van der Waals surface area contributed by atoms with E-state index < -0.39 is 0 Å². The first kappa shape index (κ1) is 18.5. The molecule has 2 aromatic rings. The molecule has 0 spiro atoms. The number of carbonyl (C=O) groups is 2. The molecule has 0 unspecified atom stereocenters. The molecule has 1 fully saturated rings. The second-order valence-electron chi connectivity index (χ2n) is 6.58. The van der Waals surface area contributed by atoms with E-state index in [1.165, 1.54) is 24.2 Å². The predicted octanol–water partition coefficient (Wildman–Crippen LogP) is 2.61. The highest BCUT2D eigenvalue weighted by atomic mass is 32.2. The van der Waals surface area contributed by atoms with Gasteiger partial charge in [-0.1, -0.05) is 47.7 Å². The fraction of sp³-hybridized carbons (Fsp3) is 0.350. The molecule has 2 atom stereocenters. The van der Waals surface area contributed by atoms with Crippen LogP contribution < -0.4 is 5.32 Å². The SMILES string of the molecule is CC(=O)N[C@@H]1CN(C(=O)CSc2ccccn2)C[C@H]1c1ccc(C)cc1. The van der Waals surface area contributed by atoms with E-state index in [1.807, 2.05) is 23.1 Å². The van der Waals surface area contributed by atoms with Crippen molar-refractivity contribution in [3.05, 3.63) is 59.8 Å². The van der Waals surface area contributed by atoms with E-state index in [1.54, 1.807) is 6.20 Å². The number of aryl methyl sites for hydroxylation is 1. The Labute approximate surface area is 158 Å². The number of benzene rings is 1. The molecule has 1 aromatic carbocycles. The van der Waals surface area contributed by atoms with Gasteiger partial charge in [0.2, 0.25) is 11.8 Å². The highest BCUT2D eigenvalue weighted by Gasteiger charge is 2.36. The number of rotatable bonds is 5. The number of likely N-dealkylation sites (tertiary alicyclic amines) is 1. The maximum Gasteiger partial charge on any atom is 0.233 e. The average molecular weight is 369 g/mol. The minimum absolute atomic E-state index is 0.0565. The van der Waals surface area contributed by atoms with Crippen LogP contribution >= 0.6 is 11.8 Å². The lowest BCUT2D eigenvalue weighted by atomic mass is 9.93. The molecule has 136 valence electrons. The number of nitrogens with zero attached hydrogens (tertiary/aromatic N) is 2. The number of hydrogen-bond acceptors (Lipinski definition) is 4. The zero-order valence-corrected chi connectivity index (χ0v) is 15.8. The van der Waals surface area contributed by atoms with Crippen molar-refractivity contribution >= 4 is 23.6 Å². The summed E-state index contributed by atoms with van der Waals surface area (Å²) in [4.78, 5) is 30.3. The Balaban J connectivity index is 1.67. The molecule has 1 aromatic heterocycles. The molecule has 1 aliphatic rings. The van der Waals surface area contributed by atoms with Crippen molar-refractivity contribution in [2.45, 2.75) is 30.8 Å². The van der Waals surface area contributed by atoms with Crippen LogP contribution in [0.25, 0.3) is 0 Å². The fourth-order valence-corrected chi connectivity index (χ4v) is 3.99. The summed E-state index contributed by atoms with van der Waals surface area (Å²) in [7, 11) is 0. The van der Waals surface area contributed by atoms with E-state index in [4.69, 9.17) is 0 Å². The number of amides is 2. The molecule has 6 heteroatoms. The van der Waals surface area contributed by atoms with Crippen LogP contribution in [0.4, 0.5) is 0 Å². The van der Waals surface area contributed by atoms with Crippen LogP contribution in [0, 0.1) is 6.92 Å². The Morgan fingerprint density at radius 3 is 2.62 bits per heavy atom. The number of nitrogens with one attached hydrogen (secondary N) is 1. The molecule has 2 amide bonds. The lowest BCUT2D eigenvalue weighted by Crippen LogP contribution is -2.39. The monoisotopic (exact) mass is 369 g/mol. The molecule has 0 saturated carbocycles. The molecular formula is C20H23N3O2S. The second kappa shape index (κ2) is 8.36. The fourth-order valence-electron chi connectivity index (χ4n) is 3.23. The molecule has 1 saturated heterocycles. The highest BCUT2D eigenvalue weighted by molar-refractivity contribution is 7.99. The molecule has 3 rings (SSSR count). The van der Waals surface area contributed by atoms with Gasteiger partial charge in [-0.2, -0.15) is 0 Å². The quantitative estimate of drug-likeness (QED) is 0.823. The standard InChI is InChI=1S/C20H23N3O2S/c1-14-6-8-16(9-7-14)17-11-23(12-18(17)22-15(2)24)20(25)13-26-19-5-3-4-10-21-19/h3-10,17-18H,11-13H2,1-2H3,(H,22,24)/t17-,18+/m0/s1. The lowest BCUT2D eigenvalue weighted by Gasteiger charge is -2.19. The molecule has 0 radical (unpaired) electrons. The Bertz CT molecular complexity index is 764. The average Bonchev–Trinajstić information content (AvgIpc) is 3.04. The smallest absolute Gasteiger partial charge is 0.233 e. The van der Waals surface area contributed by atoms with Gasteiger partial charge in [-0.15, -0.1) is 0 Å². The van der Waals surface area contributed by atoms with Gasteiger partial charge < -0.3 is 10.2 Å². The van der Waals surface area contributed by atoms with Crippen molar-refractivity contribution < 1.29 is 9.59 Å². The van der Waals surface area contributed by atoms with E-state index in [9.17, 15) is 9.59 Å². The lowest BCUT2D eigenvalue weighted by molar-refractivity contribution is -0.127. The third-order valence-corrected chi connectivity index (χ3v) is 5.48. The predicted molar refractivity (Wildman–Crippen MR) is 103 cm³/mol. The molecule has 0 bridgehead atoms. The minimum Gasteiger partial charge on any atom is -0.351 e. The summed E-state index contributed by atoms with van der Waals surface area (Å²) in [6, 6.07) is 13.9. The Morgan fingerprint density at radius 1 is 1.19 bits per heavy atom. The van der Waals surface area contributed by atoms with Crippen molar-refractivity contribution in [1.82, 2.24) is 15.2 Å². The topological polar surface area (TPSA) is 62.3 Å². The molecule has 1 aliphatic heterocycles. The largest absolute Gasteiger partial charge is 0.351 e. The summed E-state index contributed by atoms with van der Waals surface area (Å²) in [5.74, 6) is 0.475. The van der Waals surface area contributed by atoms with Crippen LogP contribution in [0.3, 0.4) is 0 Å². The van der Waals surface area contributed by atoms with Crippen molar-refractivity contribution in [3.8, 4) is 0 Å².